The van der Waals surface area contributed by atoms with Crippen LogP contribution in [0.4, 0.5) is 4.79 Å². The molecule has 0 aromatic rings. The number of ether oxygens (including phenoxy) is 4. The Balaban J connectivity index is 1.93. The van der Waals surface area contributed by atoms with Gasteiger partial charge in [0.2, 0.25) is 0 Å². The number of epoxide rings is 1. The Morgan fingerprint density at radius 2 is 1.48 bits per heavy atom. The molecule has 1 N–H and O–H groups in total. The molecule has 14 heteroatoms. The van der Waals surface area contributed by atoms with Gasteiger partial charge in [0.25, 0.3) is 0 Å². The van der Waals surface area contributed by atoms with Gasteiger partial charge in [-0.05, 0) is 105 Å². The Labute approximate surface area is 413 Å². The van der Waals surface area contributed by atoms with Gasteiger partial charge in [0.05, 0.1) is 43.5 Å². The number of allylic oxidation sites excluding steroid dienone is 2. The highest BCUT2D eigenvalue weighted by molar-refractivity contribution is 6.74. The van der Waals surface area contributed by atoms with E-state index in [2.05, 4.69) is 138 Å². The van der Waals surface area contributed by atoms with Crippen molar-refractivity contribution in [2.75, 3.05) is 39.4 Å². The number of cyclic esters (lactones) is 1. The first-order valence-electron chi connectivity index (χ1n) is 27.1. The van der Waals surface area contributed by atoms with Gasteiger partial charge in [-0.25, -0.2) is 4.79 Å². The van der Waals surface area contributed by atoms with E-state index in [0.29, 0.717) is 18.9 Å². The van der Waals surface area contributed by atoms with Gasteiger partial charge in [-0.3, -0.25) is 9.69 Å². The normalized spacial score (nSPS) is 27.6. The van der Waals surface area contributed by atoms with E-state index in [1.165, 1.54) is 0 Å². The Bertz CT molecular complexity index is 1520. The summed E-state index contributed by atoms with van der Waals surface area (Å²) in [7, 11) is -5.84. The fourth-order valence-electron chi connectivity index (χ4n) is 10.6. The summed E-state index contributed by atoms with van der Waals surface area (Å²) in [4.78, 5) is 29.6. The van der Waals surface area contributed by atoms with E-state index >= 15 is 0 Å². The van der Waals surface area contributed by atoms with Gasteiger partial charge in [0, 0.05) is 50.5 Å². The molecule has 11 nitrogen and oxygen atoms in total. The van der Waals surface area contributed by atoms with E-state index in [9.17, 15) is 9.59 Å². The summed E-state index contributed by atoms with van der Waals surface area (Å²) >= 11 is 0. The maximum Gasteiger partial charge on any atom is 0.407 e. The average molecular weight is 994 g/mol. The minimum absolute atomic E-state index is 0.00881. The van der Waals surface area contributed by atoms with Crippen LogP contribution in [0.2, 0.25) is 54.4 Å². The molecule has 0 saturated carbocycles. The van der Waals surface area contributed by atoms with Crippen molar-refractivity contribution in [3.63, 3.8) is 0 Å². The number of carbonyl (C=O) groups excluding carboxylic acids is 2. The highest BCUT2D eigenvalue weighted by Crippen LogP contribution is 2.42. The Kier molecular flexibility index (Phi) is 25.9. The van der Waals surface area contributed by atoms with Crippen molar-refractivity contribution in [2.45, 2.75) is 233 Å². The lowest BCUT2D eigenvalue weighted by Crippen LogP contribution is -2.46. The van der Waals surface area contributed by atoms with Crippen molar-refractivity contribution < 1.29 is 41.8 Å². The summed E-state index contributed by atoms with van der Waals surface area (Å²) < 4.78 is 46.1. The first-order valence-corrected chi connectivity index (χ1v) is 34.7. The second kappa shape index (κ2) is 29.0. The molecule has 3 aliphatic rings. The highest BCUT2D eigenvalue weighted by atomic mass is 28.4. The number of hydrogen-bond donors (Lipinski definition) is 1. The van der Waals surface area contributed by atoms with E-state index in [1.54, 1.807) is 0 Å². The largest absolute Gasteiger partial charge is 0.457 e. The second-order valence-electron chi connectivity index (χ2n) is 20.6. The molecule has 3 rings (SSSR count). The number of esters is 1. The minimum Gasteiger partial charge on any atom is -0.457 e. The molecule has 3 aliphatic heterocycles. The molecule has 1 amide bonds. The van der Waals surface area contributed by atoms with Crippen LogP contribution < -0.4 is 5.32 Å². The smallest absolute Gasteiger partial charge is 0.407 e. The SMILES string of the molecule is CCC(O[Si](CC)(CC)CC)C(C)C1OC1CC(C)(/C=C/C=C(\C)C1OC(=O)CC(O[Si](CC)(CC)CC)CCC(C)C(OC(=O)NCCN2CCOCC2)/C=C\C1C)O[Si](CC)(CC)CC. The molecule has 388 valence electrons. The first-order chi connectivity index (χ1) is 31.9. The highest BCUT2D eigenvalue weighted by Gasteiger charge is 2.51. The van der Waals surface area contributed by atoms with E-state index in [-0.39, 0.29) is 48.6 Å². The van der Waals surface area contributed by atoms with Crippen LogP contribution in [0.3, 0.4) is 0 Å². The molecule has 10 atom stereocenters. The van der Waals surface area contributed by atoms with Gasteiger partial charge in [-0.1, -0.05) is 114 Å². The number of carbonyl (C=O) groups is 2. The molecule has 3 heterocycles. The third kappa shape index (κ3) is 18.2. The monoisotopic (exact) mass is 993 g/mol. The van der Waals surface area contributed by atoms with Gasteiger partial charge in [-0.2, -0.15) is 0 Å². The molecular formula is C53H100N2O9Si3. The standard InChI is InChI=1S/C53H100N2O9Si3/c1-16-46(63-66(20-5,21-6)22-7)44(14)51-48(59-51)40-53(15,64-67(23-8,24-9)25-10)32-26-27-42(12)50-43(13)29-31-47(60-52(57)54-33-34-55-35-37-58-38-36-55)41(11)28-30-45(39-49(56)61-50)62-65(17-2,18-3)19-4/h26-27,29,31-32,41,43-48,50-51H,16-25,28,30,33-40H2,1-15H3,(H,54,57)/b31-29-,32-26+,42-27+. The molecule has 0 spiro atoms. The predicted octanol–water partition coefficient (Wildman–Crippen LogP) is 12.6. The molecule has 10 unspecified atom stereocenters. The van der Waals surface area contributed by atoms with E-state index in [1.807, 2.05) is 6.08 Å². The Hall–Kier alpha value is -1.63. The number of morpholine rings is 1. The third-order valence-electron chi connectivity index (χ3n) is 16.3. The van der Waals surface area contributed by atoms with Gasteiger partial charge >= 0.3 is 12.1 Å². The number of hydrogen-bond acceptors (Lipinski definition) is 10. The van der Waals surface area contributed by atoms with Gasteiger partial charge in [-0.15, -0.1) is 0 Å². The van der Waals surface area contributed by atoms with Crippen LogP contribution in [0.25, 0.3) is 0 Å². The second-order valence-corrected chi connectivity index (χ2v) is 34.7. The Morgan fingerprint density at radius 1 is 0.881 bits per heavy atom. The quantitative estimate of drug-likeness (QED) is 0.0280. The summed E-state index contributed by atoms with van der Waals surface area (Å²) in [5.74, 6) is -0.127. The van der Waals surface area contributed by atoms with Crippen molar-refractivity contribution >= 4 is 37.0 Å². The number of alkyl carbamates (subject to hydrolysis) is 1. The molecule has 67 heavy (non-hydrogen) atoms. The lowest BCUT2D eigenvalue weighted by Gasteiger charge is -2.39. The summed E-state index contributed by atoms with van der Waals surface area (Å²) in [5, 5.41) is 2.99. The van der Waals surface area contributed by atoms with Crippen molar-refractivity contribution in [2.24, 2.45) is 17.8 Å². The fraction of sp³-hybridized carbons (Fsp3) is 0.849. The van der Waals surface area contributed by atoms with Crippen LogP contribution in [0, 0.1) is 17.8 Å². The number of nitrogens with one attached hydrogen (secondary N) is 1. The third-order valence-corrected chi connectivity index (χ3v) is 30.5. The van der Waals surface area contributed by atoms with E-state index in [4.69, 9.17) is 32.2 Å². The molecule has 2 fully saturated rings. The minimum atomic E-state index is -2.05. The molecule has 0 aromatic heterocycles. The molecule has 0 aromatic carbocycles. The molecular weight excluding hydrogens is 893 g/mol. The van der Waals surface area contributed by atoms with Crippen LogP contribution in [0.15, 0.2) is 36.0 Å². The predicted molar refractivity (Wildman–Crippen MR) is 283 cm³/mol. The molecule has 0 radical (unpaired) electrons. The van der Waals surface area contributed by atoms with Crippen LogP contribution >= 0.6 is 0 Å². The zero-order valence-corrected chi connectivity index (χ0v) is 48.3. The van der Waals surface area contributed by atoms with Crippen molar-refractivity contribution in [3.8, 4) is 0 Å². The van der Waals surface area contributed by atoms with Crippen LogP contribution in [-0.4, -0.2) is 124 Å². The van der Waals surface area contributed by atoms with Crippen molar-refractivity contribution in [3.05, 3.63) is 36.0 Å². The summed E-state index contributed by atoms with van der Waals surface area (Å²) in [6, 6.07) is 9.58. The van der Waals surface area contributed by atoms with E-state index < -0.39 is 48.9 Å². The zero-order chi connectivity index (χ0) is 49.8. The molecule has 0 aliphatic carbocycles. The number of amides is 1. The number of nitrogens with zero attached hydrogens (tertiary/aromatic N) is 1. The Morgan fingerprint density at radius 3 is 2.04 bits per heavy atom. The van der Waals surface area contributed by atoms with E-state index in [0.717, 1.165) is 112 Å². The van der Waals surface area contributed by atoms with Crippen LogP contribution in [0.5, 0.6) is 0 Å². The zero-order valence-electron chi connectivity index (χ0n) is 45.3. The summed E-state index contributed by atoms with van der Waals surface area (Å²) in [6.07, 6.45) is 12.6. The summed E-state index contributed by atoms with van der Waals surface area (Å²) in [5.41, 5.74) is 0.389. The van der Waals surface area contributed by atoms with Gasteiger partial charge in [0.15, 0.2) is 25.0 Å². The van der Waals surface area contributed by atoms with Gasteiger partial charge < -0.3 is 37.5 Å². The fourth-order valence-corrected chi connectivity index (χ4v) is 19.6. The van der Waals surface area contributed by atoms with Gasteiger partial charge in [0.1, 0.15) is 12.2 Å². The first kappa shape index (κ1) is 59.7. The van der Waals surface area contributed by atoms with Crippen LogP contribution in [-0.2, 0) is 37.0 Å². The maximum absolute atomic E-state index is 14.0. The lowest BCUT2D eigenvalue weighted by molar-refractivity contribution is -0.150. The molecule has 2 saturated heterocycles. The maximum atomic E-state index is 14.0. The summed E-state index contributed by atoms with van der Waals surface area (Å²) in [6.45, 7) is 37.9. The van der Waals surface area contributed by atoms with Crippen molar-refractivity contribution in [1.82, 2.24) is 10.2 Å². The molecule has 0 bridgehead atoms. The lowest BCUT2D eigenvalue weighted by atomic mass is 9.91. The number of rotatable bonds is 27. The topological polar surface area (TPSA) is 117 Å². The van der Waals surface area contributed by atoms with Crippen LogP contribution in [0.1, 0.15) is 136 Å². The average Bonchev–Trinajstić information content (AvgIpc) is 4.10. The van der Waals surface area contributed by atoms with Crippen molar-refractivity contribution in [1.29, 1.82) is 0 Å².